The van der Waals surface area contributed by atoms with Crippen LogP contribution in [0.25, 0.3) is 0 Å². The Morgan fingerprint density at radius 3 is 2.22 bits per heavy atom. The molecule has 2 aromatic rings. The molecule has 2 atom stereocenters. The predicted molar refractivity (Wildman–Crippen MR) is 114 cm³/mol. The minimum absolute atomic E-state index is 0. The Bertz CT molecular complexity index is 671. The molecule has 0 amide bonds. The van der Waals surface area contributed by atoms with Crippen molar-refractivity contribution in [3.8, 4) is 5.75 Å². The first-order chi connectivity index (χ1) is 12.7. The summed E-state index contributed by atoms with van der Waals surface area (Å²) in [6.45, 7) is 5.31. The second-order valence-electron chi connectivity index (χ2n) is 7.37. The number of hydrogen-bond acceptors (Lipinski definition) is 3. The third kappa shape index (κ3) is 5.04. The lowest BCUT2D eigenvalue weighted by molar-refractivity contribution is -0.0117. The Morgan fingerprint density at radius 1 is 1.04 bits per heavy atom. The van der Waals surface area contributed by atoms with Gasteiger partial charge in [0.15, 0.2) is 0 Å². The second-order valence-corrected chi connectivity index (χ2v) is 7.37. The maximum absolute atomic E-state index is 12.0. The van der Waals surface area contributed by atoms with Crippen molar-refractivity contribution in [2.45, 2.75) is 44.1 Å². The molecule has 0 spiro atoms. The van der Waals surface area contributed by atoms with Crippen molar-refractivity contribution >= 4 is 12.4 Å². The molecule has 0 bridgehead atoms. The second kappa shape index (κ2) is 10.1. The average molecular weight is 390 g/mol. The van der Waals surface area contributed by atoms with E-state index in [2.05, 4.69) is 36.1 Å². The lowest BCUT2D eigenvalue weighted by Gasteiger charge is -2.39. The van der Waals surface area contributed by atoms with E-state index < -0.39 is 5.60 Å². The molecular weight excluding hydrogens is 358 g/mol. The van der Waals surface area contributed by atoms with Crippen LogP contribution in [0, 0.1) is 0 Å². The van der Waals surface area contributed by atoms with Gasteiger partial charge in [0, 0.05) is 12.5 Å². The molecule has 3 rings (SSSR count). The summed E-state index contributed by atoms with van der Waals surface area (Å²) in [7, 11) is 1.67. The van der Waals surface area contributed by atoms with Crippen LogP contribution in [0.5, 0.6) is 5.75 Å². The van der Waals surface area contributed by atoms with Crippen molar-refractivity contribution in [1.82, 2.24) is 4.90 Å². The lowest BCUT2D eigenvalue weighted by atomic mass is 9.74. The maximum atomic E-state index is 12.0. The summed E-state index contributed by atoms with van der Waals surface area (Å²) < 4.78 is 5.30. The normalized spacial score (nSPS) is 17.7. The molecular formula is C23H32ClNO2. The number of ether oxygens (including phenoxy) is 1. The van der Waals surface area contributed by atoms with Gasteiger partial charge in [-0.15, -0.1) is 12.4 Å². The van der Waals surface area contributed by atoms with Crippen molar-refractivity contribution in [3.05, 3.63) is 65.7 Å². The minimum atomic E-state index is -0.884. The van der Waals surface area contributed by atoms with Crippen LogP contribution in [0.4, 0.5) is 0 Å². The zero-order chi connectivity index (χ0) is 18.4. The molecule has 1 saturated heterocycles. The lowest BCUT2D eigenvalue weighted by Crippen LogP contribution is -2.40. The van der Waals surface area contributed by atoms with Gasteiger partial charge >= 0.3 is 0 Å². The van der Waals surface area contributed by atoms with E-state index in [9.17, 15) is 5.11 Å². The summed E-state index contributed by atoms with van der Waals surface area (Å²) in [5, 5.41) is 12.0. The number of nitrogens with zero attached hydrogens (tertiary/aromatic N) is 1. The molecule has 1 N–H and O–H groups in total. The van der Waals surface area contributed by atoms with Gasteiger partial charge in [0.05, 0.1) is 12.7 Å². The van der Waals surface area contributed by atoms with Gasteiger partial charge in [0.1, 0.15) is 5.75 Å². The molecule has 0 aliphatic carbocycles. The van der Waals surface area contributed by atoms with Crippen molar-refractivity contribution in [3.63, 3.8) is 0 Å². The van der Waals surface area contributed by atoms with Crippen LogP contribution in [0.15, 0.2) is 54.6 Å². The average Bonchev–Trinajstić information content (AvgIpc) is 3.20. The number of rotatable bonds is 8. The smallest absolute Gasteiger partial charge is 0.118 e. The van der Waals surface area contributed by atoms with E-state index in [1.54, 1.807) is 7.11 Å². The van der Waals surface area contributed by atoms with Crippen LogP contribution in [-0.2, 0) is 5.60 Å². The highest BCUT2D eigenvalue weighted by Crippen LogP contribution is 2.42. The van der Waals surface area contributed by atoms with Gasteiger partial charge in [-0.2, -0.15) is 0 Å². The molecule has 4 heteroatoms. The van der Waals surface area contributed by atoms with Gasteiger partial charge in [-0.1, -0.05) is 55.8 Å². The molecule has 1 aliphatic rings. The van der Waals surface area contributed by atoms with Crippen molar-refractivity contribution in [1.29, 1.82) is 0 Å². The number of benzene rings is 2. The number of methoxy groups -OCH3 is 1. The van der Waals surface area contributed by atoms with Crippen molar-refractivity contribution < 1.29 is 9.84 Å². The van der Waals surface area contributed by atoms with E-state index in [4.69, 9.17) is 4.74 Å². The molecule has 0 saturated carbocycles. The Kier molecular flexibility index (Phi) is 8.15. The van der Waals surface area contributed by atoms with Crippen LogP contribution in [0.1, 0.15) is 49.7 Å². The fourth-order valence-electron chi connectivity index (χ4n) is 4.22. The van der Waals surface area contributed by atoms with Crippen LogP contribution in [0.2, 0.25) is 0 Å². The van der Waals surface area contributed by atoms with E-state index in [0.717, 1.165) is 43.8 Å². The van der Waals surface area contributed by atoms with E-state index in [1.807, 2.05) is 30.3 Å². The molecule has 148 valence electrons. The third-order valence-corrected chi connectivity index (χ3v) is 5.64. The molecule has 27 heavy (non-hydrogen) atoms. The van der Waals surface area contributed by atoms with Gasteiger partial charge in [-0.25, -0.2) is 0 Å². The van der Waals surface area contributed by atoms with E-state index in [1.165, 1.54) is 18.4 Å². The highest BCUT2D eigenvalue weighted by Gasteiger charge is 2.39. The molecule has 2 aromatic carbocycles. The third-order valence-electron chi connectivity index (χ3n) is 5.64. The minimum Gasteiger partial charge on any atom is -0.497 e. The van der Waals surface area contributed by atoms with Crippen LogP contribution < -0.4 is 4.74 Å². The molecule has 3 nitrogen and oxygen atoms in total. The van der Waals surface area contributed by atoms with Gasteiger partial charge in [0.2, 0.25) is 0 Å². The van der Waals surface area contributed by atoms with Crippen molar-refractivity contribution in [2.75, 3.05) is 26.7 Å². The van der Waals surface area contributed by atoms with Gasteiger partial charge in [-0.3, -0.25) is 0 Å². The van der Waals surface area contributed by atoms with Crippen LogP contribution >= 0.6 is 12.4 Å². The predicted octanol–water partition coefficient (Wildman–Crippen LogP) is 4.98. The first-order valence-corrected chi connectivity index (χ1v) is 9.81. The maximum Gasteiger partial charge on any atom is 0.118 e. The summed E-state index contributed by atoms with van der Waals surface area (Å²) >= 11 is 0. The van der Waals surface area contributed by atoms with E-state index in [0.29, 0.717) is 0 Å². The zero-order valence-corrected chi connectivity index (χ0v) is 17.3. The number of halogens is 1. The molecule has 2 unspecified atom stereocenters. The molecule has 1 fully saturated rings. The highest BCUT2D eigenvalue weighted by molar-refractivity contribution is 5.85. The summed E-state index contributed by atoms with van der Waals surface area (Å²) in [5.74, 6) is 0.874. The fourth-order valence-corrected chi connectivity index (χ4v) is 4.22. The topological polar surface area (TPSA) is 32.7 Å². The molecule has 0 aromatic heterocycles. The first-order valence-electron chi connectivity index (χ1n) is 9.81. The van der Waals surface area contributed by atoms with Gasteiger partial charge in [-0.05, 0) is 55.6 Å². The van der Waals surface area contributed by atoms with Crippen LogP contribution in [-0.4, -0.2) is 36.8 Å². The monoisotopic (exact) mass is 389 g/mol. The fraction of sp³-hybridized carbons (Fsp3) is 0.478. The molecule has 1 aliphatic heterocycles. The van der Waals surface area contributed by atoms with Gasteiger partial charge < -0.3 is 14.7 Å². The first kappa shape index (κ1) is 21.7. The summed E-state index contributed by atoms with van der Waals surface area (Å²) in [5.41, 5.74) is 1.31. The van der Waals surface area contributed by atoms with E-state index in [-0.39, 0.29) is 18.3 Å². The highest BCUT2D eigenvalue weighted by atomic mass is 35.5. The standard InChI is InChI=1S/C23H31NO2.ClH/c1-3-15-23(25,20-11-13-21(26-2)14-12-20)22(18-24-16-7-8-17-24)19-9-5-4-6-10-19;/h4-6,9-14,22,25H,3,7-8,15-18H2,1-2H3;1H. The van der Waals surface area contributed by atoms with Crippen molar-refractivity contribution in [2.24, 2.45) is 0 Å². The summed E-state index contributed by atoms with van der Waals surface area (Å²) in [6.07, 6.45) is 4.20. The van der Waals surface area contributed by atoms with E-state index >= 15 is 0 Å². The van der Waals surface area contributed by atoms with Crippen LogP contribution in [0.3, 0.4) is 0 Å². The van der Waals surface area contributed by atoms with Gasteiger partial charge in [0.25, 0.3) is 0 Å². The quantitative estimate of drug-likeness (QED) is 0.690. The molecule has 1 heterocycles. The number of aliphatic hydroxyl groups is 1. The SMILES string of the molecule is CCCC(O)(c1ccc(OC)cc1)C(CN1CCCC1)c1ccccc1.Cl. The number of hydrogen-bond donors (Lipinski definition) is 1. The Labute approximate surface area is 169 Å². The number of likely N-dealkylation sites (tertiary alicyclic amines) is 1. The Hall–Kier alpha value is -1.55. The Balaban J connectivity index is 0.00000261. The Morgan fingerprint density at radius 2 is 1.67 bits per heavy atom. The molecule has 0 radical (unpaired) electrons. The summed E-state index contributed by atoms with van der Waals surface area (Å²) in [4.78, 5) is 2.50. The largest absolute Gasteiger partial charge is 0.497 e. The zero-order valence-electron chi connectivity index (χ0n) is 16.4. The summed E-state index contributed by atoms with van der Waals surface area (Å²) in [6, 6.07) is 18.5.